The quantitative estimate of drug-likeness (QED) is 0.355. The Morgan fingerprint density at radius 2 is 2.05 bits per heavy atom. The number of nitrogen functional groups attached to an aromatic ring is 1. The molecule has 0 bridgehead atoms. The van der Waals surface area contributed by atoms with E-state index >= 15 is 0 Å². The average Bonchev–Trinajstić information content (AvgIpc) is 3.30. The summed E-state index contributed by atoms with van der Waals surface area (Å²) in [6, 6.07) is 9.85. The van der Waals surface area contributed by atoms with Crippen molar-refractivity contribution in [2.24, 2.45) is 11.8 Å². The zero-order chi connectivity index (χ0) is 40.4. The highest BCUT2D eigenvalue weighted by molar-refractivity contribution is 7.89. The normalized spacial score (nSPS) is 36.5. The number of hydrogen-bond acceptors (Lipinski definition) is 8. The van der Waals surface area contributed by atoms with Crippen molar-refractivity contribution in [1.82, 2.24) is 9.62 Å². The summed E-state index contributed by atoms with van der Waals surface area (Å²) < 4.78 is 166. The number of alkyl carbamates (subject to hydrolysis) is 1. The molecular weight excluding hydrogens is 510 g/mol. The third-order valence-electron chi connectivity index (χ3n) is 5.56. The van der Waals surface area contributed by atoms with Gasteiger partial charge < -0.3 is 30.4 Å². The van der Waals surface area contributed by atoms with E-state index in [1.54, 1.807) is 18.2 Å². The molecule has 2 aliphatic rings. The minimum Gasteiger partial charge on any atom is -0.443 e. The van der Waals surface area contributed by atoms with Crippen molar-refractivity contribution >= 4 is 21.8 Å². The second-order valence-electron chi connectivity index (χ2n) is 8.27. The van der Waals surface area contributed by atoms with Crippen molar-refractivity contribution in [2.45, 2.75) is 55.9 Å². The lowest BCUT2D eigenvalue weighted by Crippen LogP contribution is -2.51. The van der Waals surface area contributed by atoms with Crippen molar-refractivity contribution in [1.29, 1.82) is 0 Å². The standard InChI is InChI=1S/C27H37N3O7S/c1-18(2)15-30(38(33,34)21-10-8-20(28)9-11-21)16-24(31)23(14-19-6-4-3-5-7-19)29-27(32)37-25-17-36-26-22(25)12-13-35-26/h3-11,18,22-26,31H,12-17,28H2,1-2H3,(H,29,32)/t22-,23-,24+,25-,26+/m0/s1/i1D3,2D3,12D2,15D2,17D2,18D,22D,26D. The zero-order valence-electron chi connectivity index (χ0n) is 34.9. The molecule has 5 atom stereocenters. The summed E-state index contributed by atoms with van der Waals surface area (Å²) in [6.45, 7) is -17.8. The van der Waals surface area contributed by atoms with Crippen molar-refractivity contribution in [2.75, 3.05) is 31.9 Å². The summed E-state index contributed by atoms with van der Waals surface area (Å²) in [7, 11) is -5.37. The molecular formula is C27H37N3O7S. The van der Waals surface area contributed by atoms with Crippen molar-refractivity contribution in [3.05, 3.63) is 60.2 Å². The maximum absolute atomic E-state index is 14.1. The molecule has 4 rings (SSSR count). The van der Waals surface area contributed by atoms with Crippen LogP contribution in [0.5, 0.6) is 0 Å². The van der Waals surface area contributed by atoms with Gasteiger partial charge in [0.15, 0.2) is 6.27 Å². The number of carbonyl (C=O) groups excluding carboxylic acids is 1. The monoisotopic (exact) mass is 562 g/mol. The first-order chi connectivity index (χ1) is 23.9. The number of ether oxygens (including phenoxy) is 3. The maximum Gasteiger partial charge on any atom is 0.407 e. The predicted octanol–water partition coefficient (Wildman–Crippen LogP) is 2.38. The predicted molar refractivity (Wildman–Crippen MR) is 142 cm³/mol. The molecule has 2 aromatic rings. The molecule has 2 fully saturated rings. The highest BCUT2D eigenvalue weighted by atomic mass is 32.2. The molecule has 208 valence electrons. The number of hydrogen-bond donors (Lipinski definition) is 3. The summed E-state index contributed by atoms with van der Waals surface area (Å²) in [5, 5.41) is 13.8. The number of anilines is 1. The van der Waals surface area contributed by atoms with E-state index in [4.69, 9.17) is 40.5 Å². The van der Waals surface area contributed by atoms with Crippen LogP contribution in [0.3, 0.4) is 0 Å². The Balaban J connectivity index is 1.79. The van der Waals surface area contributed by atoms with E-state index in [1.165, 1.54) is 12.1 Å². The largest absolute Gasteiger partial charge is 0.443 e. The lowest BCUT2D eigenvalue weighted by molar-refractivity contribution is -0.0907. The molecule has 2 saturated heterocycles. The van der Waals surface area contributed by atoms with Gasteiger partial charge in [-0.25, -0.2) is 13.2 Å². The number of rotatable bonds is 11. The van der Waals surface area contributed by atoms with Crippen molar-refractivity contribution < 1.29 is 53.1 Å². The first kappa shape index (κ1) is 14.6. The maximum atomic E-state index is 14.1. The van der Waals surface area contributed by atoms with Gasteiger partial charge in [0.25, 0.3) is 0 Å². The van der Waals surface area contributed by atoms with Gasteiger partial charge in [-0.15, -0.1) is 0 Å². The SMILES string of the molecule is [2H]C1([2H])O[C@@]2([2H])OCC([2H])([2H])[C@@]2([2H])[C@H]1OC(=O)N[C@@H](Cc1ccccc1)[C@H](O)CN(C([2H])([2H])C([2H])(C([2H])([2H])[2H])C([2H])([2H])[2H])S(=O)(=O)c1ccc(N)cc1. The number of amides is 1. The van der Waals surface area contributed by atoms with E-state index in [0.29, 0.717) is 5.56 Å². The third-order valence-corrected chi connectivity index (χ3v) is 7.24. The zero-order valence-corrected chi connectivity index (χ0v) is 20.7. The molecule has 11 heteroatoms. The van der Waals surface area contributed by atoms with Crippen molar-refractivity contribution in [3.8, 4) is 0 Å². The Labute approximate surface area is 245 Å². The minimum absolute atomic E-state index is 0.0513. The van der Waals surface area contributed by atoms with Crippen LogP contribution in [0.2, 0.25) is 0 Å². The molecule has 0 unspecified atom stereocenters. The highest BCUT2D eigenvalue weighted by Crippen LogP contribution is 2.33. The Bertz CT molecular complexity index is 1750. The molecule has 0 radical (unpaired) electrons. The average molecular weight is 563 g/mol. The second-order valence-corrected chi connectivity index (χ2v) is 10.1. The summed E-state index contributed by atoms with van der Waals surface area (Å²) >= 11 is 0. The van der Waals surface area contributed by atoms with Crippen LogP contribution >= 0.6 is 0 Å². The van der Waals surface area contributed by atoms with Crippen LogP contribution < -0.4 is 11.1 Å². The molecule has 2 aromatic carbocycles. The van der Waals surface area contributed by atoms with Crippen LogP contribution in [0.25, 0.3) is 0 Å². The van der Waals surface area contributed by atoms with Gasteiger partial charge in [0.05, 0.1) is 40.2 Å². The smallest absolute Gasteiger partial charge is 0.407 e. The Kier molecular flexibility index (Phi) is 4.78. The molecule has 2 heterocycles. The van der Waals surface area contributed by atoms with Crippen LogP contribution in [0.15, 0.2) is 59.5 Å². The number of nitrogens with two attached hydrogens (primary N) is 1. The fourth-order valence-corrected chi connectivity index (χ4v) is 4.99. The molecule has 38 heavy (non-hydrogen) atoms. The van der Waals surface area contributed by atoms with Crippen LogP contribution in [0.4, 0.5) is 10.5 Å². The summed E-state index contributed by atoms with van der Waals surface area (Å²) in [5.41, 5.74) is 6.05. The fourth-order valence-electron chi connectivity index (χ4n) is 3.70. The van der Waals surface area contributed by atoms with Crippen LogP contribution in [0.1, 0.15) is 46.2 Å². The van der Waals surface area contributed by atoms with E-state index in [0.717, 1.165) is 24.3 Å². The molecule has 0 saturated carbocycles. The highest BCUT2D eigenvalue weighted by Gasteiger charge is 2.44. The topological polar surface area (TPSA) is 140 Å². The Morgan fingerprint density at radius 3 is 2.76 bits per heavy atom. The molecule has 4 N–H and O–H groups in total. The van der Waals surface area contributed by atoms with Gasteiger partial charge >= 0.3 is 6.09 Å². The number of benzene rings is 2. The molecule has 0 aliphatic carbocycles. The van der Waals surface area contributed by atoms with E-state index in [9.17, 15) is 18.3 Å². The van der Waals surface area contributed by atoms with Gasteiger partial charge in [0.2, 0.25) is 10.0 Å². The number of sulfonamides is 1. The number of aliphatic hydroxyl groups is 1. The number of fused-ring (bicyclic) bond motifs is 1. The molecule has 10 nitrogen and oxygen atoms in total. The van der Waals surface area contributed by atoms with Crippen LogP contribution in [-0.2, 0) is 30.7 Å². The summed E-state index contributed by atoms with van der Waals surface area (Å²) in [5.74, 6) is -7.19. The van der Waals surface area contributed by atoms with Crippen LogP contribution in [-0.4, -0.2) is 74.6 Å². The van der Waals surface area contributed by atoms with E-state index < -0.39 is 110 Å². The Hall–Kier alpha value is -2.70. The van der Waals surface area contributed by atoms with Gasteiger partial charge in [-0.05, 0) is 48.5 Å². The van der Waals surface area contributed by atoms with Gasteiger partial charge in [0, 0.05) is 35.2 Å². The van der Waals surface area contributed by atoms with E-state index in [1.807, 2.05) is 0 Å². The number of aliphatic hydroxyl groups excluding tert-OH is 1. The number of carbonyl (C=O) groups is 1. The fraction of sp³-hybridized carbons (Fsp3) is 0.519. The van der Waals surface area contributed by atoms with E-state index in [2.05, 4.69) is 5.32 Å². The number of nitrogens with one attached hydrogen (secondary N) is 1. The lowest BCUT2D eigenvalue weighted by Gasteiger charge is -2.31. The van der Waals surface area contributed by atoms with Gasteiger partial charge in [-0.3, -0.25) is 0 Å². The van der Waals surface area contributed by atoms with Crippen LogP contribution in [0, 0.1) is 11.8 Å². The van der Waals surface area contributed by atoms with E-state index in [-0.39, 0.29) is 9.99 Å². The molecule has 2 aliphatic heterocycles. The van der Waals surface area contributed by atoms with Gasteiger partial charge in [0.1, 0.15) is 6.10 Å². The number of nitrogens with zero attached hydrogens (tertiary/aromatic N) is 1. The summed E-state index contributed by atoms with van der Waals surface area (Å²) in [4.78, 5) is 12.7. The minimum atomic E-state index is -5.37. The van der Waals surface area contributed by atoms with Gasteiger partial charge in [-0.1, -0.05) is 44.0 Å². The third kappa shape index (κ3) is 7.03. The summed E-state index contributed by atoms with van der Waals surface area (Å²) in [6.07, 6.45) is -12.6. The van der Waals surface area contributed by atoms with Crippen molar-refractivity contribution in [3.63, 3.8) is 0 Å². The first-order valence-corrected chi connectivity index (χ1v) is 12.7. The first-order valence-electron chi connectivity index (χ1n) is 18.8. The molecule has 0 spiro atoms. The molecule has 0 aromatic heterocycles. The van der Waals surface area contributed by atoms with Gasteiger partial charge in [-0.2, -0.15) is 4.31 Å². The molecule has 1 amide bonds. The second kappa shape index (κ2) is 12.4. The lowest BCUT2D eigenvalue weighted by atomic mass is 10.0. The Morgan fingerprint density at radius 1 is 1.32 bits per heavy atom.